The first-order valence-corrected chi connectivity index (χ1v) is 5.10. The summed E-state index contributed by atoms with van der Waals surface area (Å²) >= 11 is 5.74. The van der Waals surface area contributed by atoms with E-state index in [0.717, 1.165) is 0 Å². The van der Waals surface area contributed by atoms with Gasteiger partial charge in [0.25, 0.3) is 0 Å². The van der Waals surface area contributed by atoms with Crippen molar-refractivity contribution in [2.45, 2.75) is 26.4 Å². The number of phenolic OH excluding ortho intramolecular Hbond substituents is 1. The second-order valence-corrected chi connectivity index (χ2v) is 4.83. The van der Waals surface area contributed by atoms with Crippen LogP contribution in [0, 0.1) is 0 Å². The maximum Gasteiger partial charge on any atom is 0.342 e. The van der Waals surface area contributed by atoms with E-state index >= 15 is 0 Å². The van der Waals surface area contributed by atoms with Gasteiger partial charge in [-0.05, 0) is 32.9 Å². The molecule has 0 radical (unpaired) electrons. The smallest absolute Gasteiger partial charge is 0.342 e. The van der Waals surface area contributed by atoms with Gasteiger partial charge in [-0.15, -0.1) is 0 Å². The van der Waals surface area contributed by atoms with Crippen molar-refractivity contribution in [1.29, 1.82) is 0 Å². The number of carbonyl (C=O) groups excluding carboxylic acids is 1. The number of nitrogen functional groups attached to an aromatic ring is 1. The fraction of sp³-hybridized carbons (Fsp3) is 0.364. The topological polar surface area (TPSA) is 72.5 Å². The van der Waals surface area contributed by atoms with Gasteiger partial charge >= 0.3 is 5.97 Å². The van der Waals surface area contributed by atoms with E-state index in [9.17, 15) is 9.90 Å². The van der Waals surface area contributed by atoms with E-state index < -0.39 is 11.6 Å². The first kappa shape index (κ1) is 12.6. The van der Waals surface area contributed by atoms with E-state index in [-0.39, 0.29) is 22.0 Å². The standard InChI is InChI=1S/C11H14ClNO3/c1-11(2,3)16-10(15)7-4-6(12)5-8(13)9(7)14/h4-5,14H,13H2,1-3H3. The fourth-order valence-corrected chi connectivity index (χ4v) is 1.34. The van der Waals surface area contributed by atoms with Crippen LogP contribution in [-0.4, -0.2) is 16.7 Å². The lowest BCUT2D eigenvalue weighted by Crippen LogP contribution is -2.24. The summed E-state index contributed by atoms with van der Waals surface area (Å²) in [4.78, 5) is 11.7. The number of hydrogen-bond acceptors (Lipinski definition) is 4. The van der Waals surface area contributed by atoms with Gasteiger partial charge in [-0.2, -0.15) is 0 Å². The number of benzene rings is 1. The molecule has 0 aliphatic rings. The molecule has 0 unspecified atom stereocenters. The van der Waals surface area contributed by atoms with Crippen molar-refractivity contribution in [3.05, 3.63) is 22.7 Å². The zero-order valence-corrected chi connectivity index (χ0v) is 10.1. The van der Waals surface area contributed by atoms with Gasteiger partial charge in [0.05, 0.1) is 5.69 Å². The van der Waals surface area contributed by atoms with Crippen LogP contribution in [0.4, 0.5) is 5.69 Å². The second kappa shape index (κ2) is 4.22. The highest BCUT2D eigenvalue weighted by Gasteiger charge is 2.22. The molecule has 1 rings (SSSR count). The van der Waals surface area contributed by atoms with Crippen molar-refractivity contribution >= 4 is 23.3 Å². The summed E-state index contributed by atoms with van der Waals surface area (Å²) in [5, 5.41) is 9.88. The fourth-order valence-electron chi connectivity index (χ4n) is 1.11. The lowest BCUT2D eigenvalue weighted by molar-refractivity contribution is 0.00669. The van der Waals surface area contributed by atoms with E-state index in [4.69, 9.17) is 22.1 Å². The van der Waals surface area contributed by atoms with Crippen LogP contribution >= 0.6 is 11.6 Å². The largest absolute Gasteiger partial charge is 0.505 e. The molecule has 0 amide bonds. The first-order valence-electron chi connectivity index (χ1n) is 4.72. The minimum atomic E-state index is -0.654. The Balaban J connectivity index is 3.09. The van der Waals surface area contributed by atoms with Crippen molar-refractivity contribution < 1.29 is 14.6 Å². The lowest BCUT2D eigenvalue weighted by atomic mass is 10.1. The number of esters is 1. The van der Waals surface area contributed by atoms with Gasteiger partial charge in [0.15, 0.2) is 5.75 Å². The second-order valence-electron chi connectivity index (χ2n) is 4.39. The van der Waals surface area contributed by atoms with Gasteiger partial charge in [0.1, 0.15) is 11.2 Å². The summed E-state index contributed by atoms with van der Waals surface area (Å²) in [7, 11) is 0. The van der Waals surface area contributed by atoms with E-state index in [0.29, 0.717) is 0 Å². The maximum absolute atomic E-state index is 11.7. The van der Waals surface area contributed by atoms with E-state index in [1.54, 1.807) is 20.8 Å². The summed E-state index contributed by atoms with van der Waals surface area (Å²) in [6.07, 6.45) is 0. The summed E-state index contributed by atoms with van der Waals surface area (Å²) in [6.45, 7) is 5.20. The number of ether oxygens (including phenoxy) is 1. The van der Waals surface area contributed by atoms with Crippen LogP contribution in [0.15, 0.2) is 12.1 Å². The molecule has 0 spiro atoms. The predicted octanol–water partition coefficient (Wildman–Crippen LogP) is 2.58. The minimum absolute atomic E-state index is 0.0278. The number of phenols is 1. The molecule has 0 saturated carbocycles. The van der Waals surface area contributed by atoms with Crippen molar-refractivity contribution in [2.24, 2.45) is 0 Å². The molecule has 0 aliphatic heterocycles. The van der Waals surface area contributed by atoms with Crippen LogP contribution in [0.25, 0.3) is 0 Å². The van der Waals surface area contributed by atoms with E-state index in [2.05, 4.69) is 0 Å². The Bertz CT molecular complexity index is 424. The molecule has 16 heavy (non-hydrogen) atoms. The monoisotopic (exact) mass is 243 g/mol. The SMILES string of the molecule is CC(C)(C)OC(=O)c1cc(Cl)cc(N)c1O. The summed E-state index contributed by atoms with van der Waals surface area (Å²) < 4.78 is 5.10. The van der Waals surface area contributed by atoms with Crippen LogP contribution in [0.5, 0.6) is 5.75 Å². The van der Waals surface area contributed by atoms with Gasteiger partial charge in [-0.1, -0.05) is 11.6 Å². The third-order valence-electron chi connectivity index (χ3n) is 1.72. The minimum Gasteiger partial charge on any atom is -0.505 e. The van der Waals surface area contributed by atoms with E-state index in [1.165, 1.54) is 12.1 Å². The number of carbonyl (C=O) groups is 1. The Morgan fingerprint density at radius 3 is 2.50 bits per heavy atom. The first-order chi connectivity index (χ1) is 7.20. The Morgan fingerprint density at radius 1 is 1.44 bits per heavy atom. The highest BCUT2D eigenvalue weighted by atomic mass is 35.5. The lowest BCUT2D eigenvalue weighted by Gasteiger charge is -2.20. The van der Waals surface area contributed by atoms with Crippen LogP contribution in [0.2, 0.25) is 5.02 Å². The van der Waals surface area contributed by atoms with Crippen LogP contribution in [-0.2, 0) is 4.74 Å². The van der Waals surface area contributed by atoms with Crippen molar-refractivity contribution in [1.82, 2.24) is 0 Å². The molecule has 1 aromatic rings. The zero-order chi connectivity index (χ0) is 12.5. The number of hydrogen-bond donors (Lipinski definition) is 2. The number of rotatable bonds is 1. The quantitative estimate of drug-likeness (QED) is 0.452. The molecule has 0 fully saturated rings. The highest BCUT2D eigenvalue weighted by Crippen LogP contribution is 2.30. The molecule has 0 bridgehead atoms. The third-order valence-corrected chi connectivity index (χ3v) is 1.94. The van der Waals surface area contributed by atoms with Gasteiger partial charge < -0.3 is 15.6 Å². The molecule has 0 saturated heterocycles. The number of aromatic hydroxyl groups is 1. The van der Waals surface area contributed by atoms with Crippen LogP contribution < -0.4 is 5.73 Å². The summed E-state index contributed by atoms with van der Waals surface area (Å²) in [6, 6.07) is 2.69. The highest BCUT2D eigenvalue weighted by molar-refractivity contribution is 6.31. The van der Waals surface area contributed by atoms with Crippen molar-refractivity contribution in [3.8, 4) is 5.75 Å². The molecule has 1 aromatic carbocycles. The molecular weight excluding hydrogens is 230 g/mol. The van der Waals surface area contributed by atoms with E-state index in [1.807, 2.05) is 0 Å². The molecular formula is C11H14ClNO3. The van der Waals surface area contributed by atoms with Crippen LogP contribution in [0.1, 0.15) is 31.1 Å². The average molecular weight is 244 g/mol. The summed E-state index contributed by atoms with van der Waals surface area (Å²) in [5.74, 6) is -0.960. The maximum atomic E-state index is 11.7. The van der Waals surface area contributed by atoms with Crippen molar-refractivity contribution in [3.63, 3.8) is 0 Å². The number of halogens is 1. The van der Waals surface area contributed by atoms with Gasteiger partial charge in [-0.25, -0.2) is 4.79 Å². The van der Waals surface area contributed by atoms with Gasteiger partial charge in [0.2, 0.25) is 0 Å². The normalized spacial score (nSPS) is 11.2. The molecule has 0 aliphatic carbocycles. The molecule has 5 heteroatoms. The van der Waals surface area contributed by atoms with Crippen molar-refractivity contribution in [2.75, 3.05) is 5.73 Å². The Labute approximate surface area is 99.0 Å². The molecule has 0 atom stereocenters. The zero-order valence-electron chi connectivity index (χ0n) is 9.37. The number of nitrogens with two attached hydrogens (primary N) is 1. The Morgan fingerprint density at radius 2 is 2.00 bits per heavy atom. The summed E-state index contributed by atoms with van der Waals surface area (Å²) in [5.41, 5.74) is 4.86. The Hall–Kier alpha value is -1.42. The Kier molecular flexibility index (Phi) is 3.33. The van der Waals surface area contributed by atoms with Crippen LogP contribution in [0.3, 0.4) is 0 Å². The molecule has 4 nitrogen and oxygen atoms in total. The average Bonchev–Trinajstić information content (AvgIpc) is 2.08. The van der Waals surface area contributed by atoms with Gasteiger partial charge in [-0.3, -0.25) is 0 Å². The third kappa shape index (κ3) is 3.03. The predicted molar refractivity (Wildman–Crippen MR) is 62.7 cm³/mol. The molecule has 0 heterocycles. The molecule has 3 N–H and O–H groups in total. The molecule has 88 valence electrons. The molecule has 0 aromatic heterocycles. The number of anilines is 1. The van der Waals surface area contributed by atoms with Gasteiger partial charge in [0, 0.05) is 5.02 Å².